The van der Waals surface area contributed by atoms with Gasteiger partial charge in [-0.15, -0.1) is 0 Å². The van der Waals surface area contributed by atoms with Crippen molar-refractivity contribution in [3.63, 3.8) is 0 Å². The first kappa shape index (κ1) is 16.3. The Morgan fingerprint density at radius 3 is 2.24 bits per heavy atom. The third-order valence-electron chi connectivity index (χ3n) is 3.10. The third kappa shape index (κ3) is 4.22. The molecule has 0 bridgehead atoms. The summed E-state index contributed by atoms with van der Waals surface area (Å²) in [7, 11) is 0. The SMILES string of the molecule is NC(Cc1ccc(C(F)(F)F)cc1)c1ccc(Br)cc1Cl. The van der Waals surface area contributed by atoms with Crippen LogP contribution in [0.5, 0.6) is 0 Å². The van der Waals surface area contributed by atoms with E-state index >= 15 is 0 Å². The fourth-order valence-electron chi connectivity index (χ4n) is 2.00. The molecule has 0 heterocycles. The summed E-state index contributed by atoms with van der Waals surface area (Å²) in [5.41, 5.74) is 6.91. The van der Waals surface area contributed by atoms with E-state index in [1.807, 2.05) is 6.07 Å². The smallest absolute Gasteiger partial charge is 0.324 e. The molecule has 112 valence electrons. The second kappa shape index (κ2) is 6.38. The Bertz CT molecular complexity index is 626. The second-order valence-electron chi connectivity index (χ2n) is 4.67. The highest BCUT2D eigenvalue weighted by atomic mass is 79.9. The molecular formula is C15H12BrClF3N. The van der Waals surface area contributed by atoms with Crippen molar-refractivity contribution in [1.29, 1.82) is 0 Å². The van der Waals surface area contributed by atoms with Crippen molar-refractivity contribution in [3.8, 4) is 0 Å². The zero-order chi connectivity index (χ0) is 15.6. The molecule has 0 amide bonds. The predicted molar refractivity (Wildman–Crippen MR) is 81.2 cm³/mol. The predicted octanol–water partition coefficient (Wildman–Crippen LogP) is 5.36. The van der Waals surface area contributed by atoms with Crippen molar-refractivity contribution in [1.82, 2.24) is 0 Å². The summed E-state index contributed by atoms with van der Waals surface area (Å²) in [5.74, 6) is 0. The van der Waals surface area contributed by atoms with Crippen LogP contribution in [0, 0.1) is 0 Å². The van der Waals surface area contributed by atoms with Gasteiger partial charge >= 0.3 is 6.18 Å². The zero-order valence-corrected chi connectivity index (χ0v) is 13.1. The topological polar surface area (TPSA) is 26.0 Å². The third-order valence-corrected chi connectivity index (χ3v) is 3.92. The van der Waals surface area contributed by atoms with Crippen LogP contribution in [-0.2, 0) is 12.6 Å². The Labute approximate surface area is 134 Å². The van der Waals surface area contributed by atoms with Gasteiger partial charge in [0.2, 0.25) is 0 Å². The minimum absolute atomic E-state index is 0.373. The highest BCUT2D eigenvalue weighted by Gasteiger charge is 2.29. The Balaban J connectivity index is 2.14. The molecule has 1 unspecified atom stereocenters. The van der Waals surface area contributed by atoms with Crippen LogP contribution < -0.4 is 5.73 Å². The van der Waals surface area contributed by atoms with E-state index in [-0.39, 0.29) is 6.04 Å². The molecule has 0 radical (unpaired) electrons. The van der Waals surface area contributed by atoms with Crippen molar-refractivity contribution in [2.24, 2.45) is 5.73 Å². The monoisotopic (exact) mass is 377 g/mol. The van der Waals surface area contributed by atoms with E-state index in [1.54, 1.807) is 12.1 Å². The summed E-state index contributed by atoms with van der Waals surface area (Å²) in [5, 5.41) is 0.531. The minimum Gasteiger partial charge on any atom is -0.324 e. The van der Waals surface area contributed by atoms with Crippen molar-refractivity contribution in [2.75, 3.05) is 0 Å². The summed E-state index contributed by atoms with van der Waals surface area (Å²) < 4.78 is 38.3. The maximum atomic E-state index is 12.5. The van der Waals surface area contributed by atoms with E-state index in [9.17, 15) is 13.2 Å². The number of benzene rings is 2. The molecule has 0 saturated heterocycles. The van der Waals surface area contributed by atoms with Crippen LogP contribution in [0.4, 0.5) is 13.2 Å². The highest BCUT2D eigenvalue weighted by molar-refractivity contribution is 9.10. The maximum absolute atomic E-state index is 12.5. The fraction of sp³-hybridized carbons (Fsp3) is 0.200. The van der Waals surface area contributed by atoms with Crippen LogP contribution in [0.2, 0.25) is 5.02 Å². The molecular weight excluding hydrogens is 367 g/mol. The summed E-state index contributed by atoms with van der Waals surface area (Å²) in [6, 6.07) is 10.0. The van der Waals surface area contributed by atoms with Crippen LogP contribution in [-0.4, -0.2) is 0 Å². The second-order valence-corrected chi connectivity index (χ2v) is 5.99. The lowest BCUT2D eigenvalue weighted by molar-refractivity contribution is -0.137. The van der Waals surface area contributed by atoms with E-state index in [0.717, 1.165) is 27.7 Å². The van der Waals surface area contributed by atoms with Gasteiger partial charge in [0.1, 0.15) is 0 Å². The largest absolute Gasteiger partial charge is 0.416 e. The molecule has 2 aromatic carbocycles. The van der Waals surface area contributed by atoms with Gasteiger partial charge in [0.15, 0.2) is 0 Å². The maximum Gasteiger partial charge on any atom is 0.416 e. The minimum atomic E-state index is -4.32. The molecule has 0 fully saturated rings. The molecule has 2 rings (SSSR count). The first-order valence-electron chi connectivity index (χ1n) is 6.14. The summed E-state index contributed by atoms with van der Waals surface area (Å²) >= 11 is 9.42. The van der Waals surface area contributed by atoms with Gasteiger partial charge in [0, 0.05) is 15.5 Å². The molecule has 2 aromatic rings. The summed E-state index contributed by atoms with van der Waals surface area (Å²) in [6.07, 6.45) is -3.91. The number of rotatable bonds is 3. The molecule has 2 N–H and O–H groups in total. The van der Waals surface area contributed by atoms with Crippen LogP contribution >= 0.6 is 27.5 Å². The van der Waals surface area contributed by atoms with Gasteiger partial charge in [0.05, 0.1) is 5.56 Å². The molecule has 0 spiro atoms. The quantitative estimate of drug-likeness (QED) is 0.764. The standard InChI is InChI=1S/C15H12BrClF3N/c16-11-5-6-12(13(17)8-11)14(21)7-9-1-3-10(4-2-9)15(18,19)20/h1-6,8,14H,7,21H2. The van der Waals surface area contributed by atoms with Crippen molar-refractivity contribution in [2.45, 2.75) is 18.6 Å². The number of nitrogens with two attached hydrogens (primary N) is 1. The van der Waals surface area contributed by atoms with Crippen molar-refractivity contribution in [3.05, 3.63) is 68.7 Å². The Hall–Kier alpha value is -1.04. The van der Waals surface area contributed by atoms with E-state index in [4.69, 9.17) is 17.3 Å². The molecule has 0 aliphatic heterocycles. The van der Waals surface area contributed by atoms with Crippen LogP contribution in [0.1, 0.15) is 22.7 Å². The van der Waals surface area contributed by atoms with Gasteiger partial charge in [0.25, 0.3) is 0 Å². The molecule has 0 aromatic heterocycles. The lowest BCUT2D eigenvalue weighted by Crippen LogP contribution is -2.14. The number of alkyl halides is 3. The lowest BCUT2D eigenvalue weighted by Gasteiger charge is -2.15. The summed E-state index contributed by atoms with van der Waals surface area (Å²) in [4.78, 5) is 0. The van der Waals surface area contributed by atoms with Gasteiger partial charge < -0.3 is 5.73 Å². The average Bonchev–Trinajstić information content (AvgIpc) is 2.38. The van der Waals surface area contributed by atoms with E-state index in [2.05, 4.69) is 15.9 Å². The molecule has 1 atom stereocenters. The van der Waals surface area contributed by atoms with Gasteiger partial charge in [-0.25, -0.2) is 0 Å². The van der Waals surface area contributed by atoms with Crippen LogP contribution in [0.15, 0.2) is 46.9 Å². The fourth-order valence-corrected chi connectivity index (χ4v) is 2.81. The highest BCUT2D eigenvalue weighted by Crippen LogP contribution is 2.30. The first-order chi connectivity index (χ1) is 9.77. The van der Waals surface area contributed by atoms with Gasteiger partial charge in [-0.1, -0.05) is 45.7 Å². The van der Waals surface area contributed by atoms with E-state index in [1.165, 1.54) is 12.1 Å². The molecule has 1 nitrogen and oxygen atoms in total. The zero-order valence-electron chi connectivity index (χ0n) is 10.8. The Morgan fingerprint density at radius 2 is 1.71 bits per heavy atom. The van der Waals surface area contributed by atoms with Crippen molar-refractivity contribution < 1.29 is 13.2 Å². The number of halogens is 5. The van der Waals surface area contributed by atoms with Crippen LogP contribution in [0.3, 0.4) is 0 Å². The summed E-state index contributed by atoms with van der Waals surface area (Å²) in [6.45, 7) is 0. The van der Waals surface area contributed by atoms with E-state index < -0.39 is 11.7 Å². The van der Waals surface area contributed by atoms with Crippen LogP contribution in [0.25, 0.3) is 0 Å². The molecule has 0 saturated carbocycles. The van der Waals surface area contributed by atoms with Gasteiger partial charge in [-0.3, -0.25) is 0 Å². The Morgan fingerprint density at radius 1 is 1.10 bits per heavy atom. The molecule has 0 aliphatic carbocycles. The van der Waals surface area contributed by atoms with Crippen molar-refractivity contribution >= 4 is 27.5 Å². The number of hydrogen-bond acceptors (Lipinski definition) is 1. The number of hydrogen-bond donors (Lipinski definition) is 1. The molecule has 6 heteroatoms. The van der Waals surface area contributed by atoms with Gasteiger partial charge in [-0.05, 0) is 41.8 Å². The Kier molecular flexibility index (Phi) is 4.96. The van der Waals surface area contributed by atoms with Gasteiger partial charge in [-0.2, -0.15) is 13.2 Å². The first-order valence-corrected chi connectivity index (χ1v) is 7.31. The molecule has 21 heavy (non-hydrogen) atoms. The normalized spacial score (nSPS) is 13.2. The average molecular weight is 379 g/mol. The lowest BCUT2D eigenvalue weighted by atomic mass is 9.99. The van der Waals surface area contributed by atoms with E-state index in [0.29, 0.717) is 11.4 Å². The molecule has 0 aliphatic rings.